The van der Waals surface area contributed by atoms with Crippen molar-refractivity contribution in [3.8, 4) is 0 Å². The molecule has 8 heteroatoms. The van der Waals surface area contributed by atoms with E-state index in [-0.39, 0.29) is 24.3 Å². The molecule has 0 aromatic heterocycles. The minimum absolute atomic E-state index is 0.0569. The van der Waals surface area contributed by atoms with Crippen LogP contribution in [0.25, 0.3) is 0 Å². The summed E-state index contributed by atoms with van der Waals surface area (Å²) in [5.74, 6) is -0.879. The highest BCUT2D eigenvalue weighted by molar-refractivity contribution is 6.05. The zero-order valence-electron chi connectivity index (χ0n) is 15.0. The van der Waals surface area contributed by atoms with Crippen LogP contribution in [-0.4, -0.2) is 52.0 Å². The van der Waals surface area contributed by atoms with Gasteiger partial charge in [0.1, 0.15) is 6.04 Å². The van der Waals surface area contributed by atoms with Crippen LogP contribution in [0.4, 0.5) is 0 Å². The summed E-state index contributed by atoms with van der Waals surface area (Å²) in [6.07, 6.45) is 1.75. The maximum absolute atomic E-state index is 13.0. The fourth-order valence-corrected chi connectivity index (χ4v) is 4.33. The molecule has 5 N–H and O–H groups in total. The molecule has 27 heavy (non-hydrogen) atoms. The number of hydrogen-bond donors (Lipinski definition) is 4. The Bertz CT molecular complexity index is 803. The van der Waals surface area contributed by atoms with Gasteiger partial charge in [-0.25, -0.2) is 0 Å². The quantitative estimate of drug-likeness (QED) is 0.511. The summed E-state index contributed by atoms with van der Waals surface area (Å²) in [7, 11) is 0. The number of rotatable bonds is 5. The number of carbonyl (C=O) groups is 3. The third kappa shape index (κ3) is 3.36. The Hall–Kier alpha value is -2.29. The molecular formula is C19H24N4O4. The van der Waals surface area contributed by atoms with Crippen LogP contribution < -0.4 is 16.4 Å². The van der Waals surface area contributed by atoms with E-state index in [4.69, 9.17) is 5.73 Å². The normalized spacial score (nSPS) is 30.1. The van der Waals surface area contributed by atoms with Crippen molar-refractivity contribution in [3.05, 3.63) is 34.9 Å². The molecule has 2 heterocycles. The van der Waals surface area contributed by atoms with Gasteiger partial charge >= 0.3 is 0 Å². The number of imide groups is 1. The molecule has 0 bridgehead atoms. The molecular weight excluding hydrogens is 348 g/mol. The van der Waals surface area contributed by atoms with Gasteiger partial charge in [-0.2, -0.15) is 0 Å². The van der Waals surface area contributed by atoms with Crippen molar-refractivity contribution in [2.75, 3.05) is 6.54 Å². The van der Waals surface area contributed by atoms with Crippen LogP contribution in [-0.2, 0) is 22.7 Å². The van der Waals surface area contributed by atoms with Crippen molar-refractivity contribution in [2.45, 2.75) is 56.5 Å². The molecule has 2 aliphatic heterocycles. The average molecular weight is 372 g/mol. The van der Waals surface area contributed by atoms with Crippen molar-refractivity contribution >= 4 is 17.7 Å². The van der Waals surface area contributed by atoms with Crippen LogP contribution in [0.3, 0.4) is 0 Å². The van der Waals surface area contributed by atoms with Gasteiger partial charge in [-0.15, -0.1) is 0 Å². The summed E-state index contributed by atoms with van der Waals surface area (Å²) in [6.45, 7) is 1.25. The van der Waals surface area contributed by atoms with Crippen LogP contribution in [0.5, 0.6) is 0 Å². The average Bonchev–Trinajstić information content (AvgIpc) is 2.91. The molecule has 144 valence electrons. The lowest BCUT2D eigenvalue weighted by Gasteiger charge is -2.41. The largest absolute Gasteiger partial charge is 0.388 e. The highest BCUT2D eigenvalue weighted by Crippen LogP contribution is 2.31. The maximum atomic E-state index is 13.0. The minimum Gasteiger partial charge on any atom is -0.388 e. The number of nitrogens with two attached hydrogens (primary N) is 1. The van der Waals surface area contributed by atoms with Crippen molar-refractivity contribution < 1.29 is 19.5 Å². The number of nitrogens with one attached hydrogen (secondary N) is 2. The number of aliphatic hydroxyl groups is 1. The van der Waals surface area contributed by atoms with Crippen molar-refractivity contribution in [1.82, 2.24) is 15.5 Å². The van der Waals surface area contributed by atoms with E-state index in [1.807, 2.05) is 18.2 Å². The Morgan fingerprint density at radius 1 is 1.30 bits per heavy atom. The van der Waals surface area contributed by atoms with E-state index in [0.29, 0.717) is 44.5 Å². The van der Waals surface area contributed by atoms with Crippen molar-refractivity contribution in [1.29, 1.82) is 0 Å². The molecule has 1 aromatic carbocycles. The van der Waals surface area contributed by atoms with Crippen LogP contribution in [0.2, 0.25) is 0 Å². The Kier molecular flexibility index (Phi) is 4.49. The molecule has 0 radical (unpaired) electrons. The first kappa shape index (κ1) is 18.1. The predicted molar refractivity (Wildman–Crippen MR) is 96.4 cm³/mol. The third-order valence-electron chi connectivity index (χ3n) is 5.69. The van der Waals surface area contributed by atoms with Gasteiger partial charge in [-0.05, 0) is 30.4 Å². The molecule has 1 atom stereocenters. The Labute approximate surface area is 157 Å². The predicted octanol–water partition coefficient (Wildman–Crippen LogP) is -0.611. The lowest BCUT2D eigenvalue weighted by Crippen LogP contribution is -2.56. The van der Waals surface area contributed by atoms with E-state index in [1.54, 1.807) is 4.90 Å². The SMILES string of the molecule is NC1CC(O)(CNCc2cccc3c2C(=O)N(C2CCC(=O)NC2=O)C3)C1. The van der Waals surface area contributed by atoms with Gasteiger partial charge in [0, 0.05) is 37.7 Å². The standard InChI is InChI=1S/C19H24N4O4/c20-13-6-19(27,7-13)10-21-8-11-2-1-3-12-9-23(18(26)16(11)12)14-4-5-15(24)22-17(14)25/h1-3,13-14,21,27H,4-10,20H2,(H,22,24,25). The first-order chi connectivity index (χ1) is 12.9. The number of benzene rings is 1. The summed E-state index contributed by atoms with van der Waals surface area (Å²) < 4.78 is 0. The molecule has 1 aromatic rings. The molecule has 4 rings (SSSR count). The third-order valence-corrected chi connectivity index (χ3v) is 5.69. The summed E-state index contributed by atoms with van der Waals surface area (Å²) in [5.41, 5.74) is 7.33. The van der Waals surface area contributed by atoms with Gasteiger partial charge in [0.25, 0.3) is 5.91 Å². The number of nitrogens with zero attached hydrogens (tertiary/aromatic N) is 1. The van der Waals surface area contributed by atoms with Crippen LogP contribution in [0, 0.1) is 0 Å². The van der Waals surface area contributed by atoms with Gasteiger partial charge in [-0.1, -0.05) is 18.2 Å². The van der Waals surface area contributed by atoms with Crippen LogP contribution in [0.1, 0.15) is 47.2 Å². The van der Waals surface area contributed by atoms with Gasteiger partial charge in [0.15, 0.2) is 0 Å². The van der Waals surface area contributed by atoms with E-state index < -0.39 is 17.6 Å². The molecule has 0 spiro atoms. The summed E-state index contributed by atoms with van der Waals surface area (Å²) in [6, 6.07) is 5.11. The molecule has 1 unspecified atom stereocenters. The molecule has 3 aliphatic rings. The Balaban J connectivity index is 1.45. The number of amides is 3. The number of carbonyl (C=O) groups excluding carboxylic acids is 3. The number of hydrogen-bond acceptors (Lipinski definition) is 6. The van der Waals surface area contributed by atoms with Crippen LogP contribution >= 0.6 is 0 Å². The zero-order chi connectivity index (χ0) is 19.2. The molecule has 1 aliphatic carbocycles. The molecule has 8 nitrogen and oxygen atoms in total. The van der Waals surface area contributed by atoms with E-state index >= 15 is 0 Å². The van der Waals surface area contributed by atoms with E-state index in [1.165, 1.54) is 0 Å². The van der Waals surface area contributed by atoms with Gasteiger partial charge in [0.2, 0.25) is 11.8 Å². The van der Waals surface area contributed by atoms with E-state index in [0.717, 1.165) is 11.1 Å². The van der Waals surface area contributed by atoms with Gasteiger partial charge in [0.05, 0.1) is 5.60 Å². The minimum atomic E-state index is -0.764. The molecule has 2 fully saturated rings. The van der Waals surface area contributed by atoms with E-state index in [9.17, 15) is 19.5 Å². The summed E-state index contributed by atoms with van der Waals surface area (Å²) in [4.78, 5) is 38.0. The molecule has 3 amide bonds. The van der Waals surface area contributed by atoms with Crippen LogP contribution in [0.15, 0.2) is 18.2 Å². The smallest absolute Gasteiger partial charge is 0.255 e. The second-order valence-electron chi connectivity index (χ2n) is 7.85. The number of piperidine rings is 1. The Morgan fingerprint density at radius 2 is 2.07 bits per heavy atom. The second-order valence-corrected chi connectivity index (χ2v) is 7.85. The van der Waals surface area contributed by atoms with Crippen molar-refractivity contribution in [3.63, 3.8) is 0 Å². The van der Waals surface area contributed by atoms with Gasteiger partial charge in [-0.3, -0.25) is 19.7 Å². The monoisotopic (exact) mass is 372 g/mol. The summed E-state index contributed by atoms with van der Waals surface area (Å²) >= 11 is 0. The fraction of sp³-hybridized carbons (Fsp3) is 0.526. The highest BCUT2D eigenvalue weighted by Gasteiger charge is 2.41. The van der Waals surface area contributed by atoms with E-state index in [2.05, 4.69) is 10.6 Å². The topological polar surface area (TPSA) is 125 Å². The first-order valence-corrected chi connectivity index (χ1v) is 9.30. The zero-order valence-corrected chi connectivity index (χ0v) is 15.0. The fourth-order valence-electron chi connectivity index (χ4n) is 4.33. The molecule has 1 saturated carbocycles. The molecule has 1 saturated heterocycles. The summed E-state index contributed by atoms with van der Waals surface area (Å²) in [5, 5.41) is 15.8. The van der Waals surface area contributed by atoms with Gasteiger partial charge < -0.3 is 21.1 Å². The first-order valence-electron chi connectivity index (χ1n) is 9.30. The second kappa shape index (κ2) is 6.70. The highest BCUT2D eigenvalue weighted by atomic mass is 16.3. The van der Waals surface area contributed by atoms with Crippen molar-refractivity contribution in [2.24, 2.45) is 5.73 Å². The lowest BCUT2D eigenvalue weighted by molar-refractivity contribution is -0.136. The number of fused-ring (bicyclic) bond motifs is 1. The Morgan fingerprint density at radius 3 is 2.78 bits per heavy atom. The lowest BCUT2D eigenvalue weighted by atomic mass is 9.76. The maximum Gasteiger partial charge on any atom is 0.255 e.